The molecule has 3 aliphatic rings. The number of morpholine rings is 1. The highest BCUT2D eigenvalue weighted by atomic mass is 16.5. The molecule has 216 valence electrons. The van der Waals surface area contributed by atoms with Gasteiger partial charge in [-0.25, -0.2) is 14.8 Å². The van der Waals surface area contributed by atoms with Gasteiger partial charge >= 0.3 is 5.76 Å². The monoisotopic (exact) mass is 552 g/mol. The van der Waals surface area contributed by atoms with Gasteiger partial charge in [0.1, 0.15) is 5.52 Å². The summed E-state index contributed by atoms with van der Waals surface area (Å²) in [7, 11) is 1.72. The minimum Gasteiger partial charge on any atom is -0.382 e. The van der Waals surface area contributed by atoms with Gasteiger partial charge in [-0.2, -0.15) is 4.98 Å². The average molecular weight is 553 g/mol. The van der Waals surface area contributed by atoms with Crippen LogP contribution >= 0.6 is 0 Å². The van der Waals surface area contributed by atoms with Gasteiger partial charge in [0, 0.05) is 26.2 Å². The van der Waals surface area contributed by atoms with Crippen molar-refractivity contribution in [1.29, 1.82) is 0 Å². The highest BCUT2D eigenvalue weighted by Crippen LogP contribution is 2.37. The molecule has 2 N–H and O–H groups in total. The summed E-state index contributed by atoms with van der Waals surface area (Å²) in [6, 6.07) is 0.269. The summed E-state index contributed by atoms with van der Waals surface area (Å²) in [6.07, 6.45) is 10.4. The number of ether oxygens (including phenoxy) is 2. The van der Waals surface area contributed by atoms with E-state index in [9.17, 15) is 4.79 Å². The number of nitrogens with zero attached hydrogens (tertiary/aromatic N) is 6. The van der Waals surface area contributed by atoms with Crippen LogP contribution < -0.4 is 16.0 Å². The summed E-state index contributed by atoms with van der Waals surface area (Å²) in [5, 5.41) is 7.56. The molecule has 3 fully saturated rings. The van der Waals surface area contributed by atoms with Crippen molar-refractivity contribution in [2.45, 2.75) is 70.5 Å². The Morgan fingerprint density at radius 3 is 2.70 bits per heavy atom. The number of imidazole rings is 1. The minimum atomic E-state index is -0.645. The number of rotatable bonds is 10. The molecule has 0 radical (unpaired) electrons. The largest absolute Gasteiger partial charge is 0.439 e. The maximum absolute atomic E-state index is 11.7. The zero-order valence-electron chi connectivity index (χ0n) is 23.5. The third kappa shape index (κ3) is 5.38. The first-order chi connectivity index (χ1) is 19.5. The molecule has 12 nitrogen and oxygen atoms in total. The molecule has 3 aromatic heterocycles. The zero-order chi connectivity index (χ0) is 27.6. The number of anilines is 2. The predicted octanol–water partition coefficient (Wildman–Crippen LogP) is 3.61. The summed E-state index contributed by atoms with van der Waals surface area (Å²) < 4.78 is 18.5. The van der Waals surface area contributed by atoms with Crippen LogP contribution in [0.5, 0.6) is 0 Å². The Bertz CT molecular complexity index is 1370. The summed E-state index contributed by atoms with van der Waals surface area (Å²) in [6.45, 7) is 9.49. The third-order valence-electron chi connectivity index (χ3n) is 8.97. The molecule has 0 bridgehead atoms. The zero-order valence-corrected chi connectivity index (χ0v) is 23.5. The van der Waals surface area contributed by atoms with Gasteiger partial charge in [0.25, 0.3) is 0 Å². The number of H-pyrrole nitrogens is 1. The Kier molecular flexibility index (Phi) is 7.88. The Balaban J connectivity index is 1.47. The van der Waals surface area contributed by atoms with E-state index in [1.807, 2.05) is 0 Å². The van der Waals surface area contributed by atoms with Crippen LogP contribution in [-0.2, 0) is 16.0 Å². The van der Waals surface area contributed by atoms with Gasteiger partial charge in [-0.15, -0.1) is 6.58 Å². The van der Waals surface area contributed by atoms with Gasteiger partial charge in [0.05, 0.1) is 25.9 Å². The second-order valence-electron chi connectivity index (χ2n) is 11.6. The molecule has 1 saturated heterocycles. The Hall–Kier alpha value is -3.25. The molecule has 0 aromatic carbocycles. The number of hydrogen-bond donors (Lipinski definition) is 2. The lowest BCUT2D eigenvalue weighted by Crippen LogP contribution is -2.49. The maximum Gasteiger partial charge on any atom is 0.439 e. The van der Waals surface area contributed by atoms with Gasteiger partial charge < -0.3 is 24.3 Å². The quantitative estimate of drug-likeness (QED) is 0.359. The van der Waals surface area contributed by atoms with Crippen molar-refractivity contribution < 1.29 is 14.0 Å². The van der Waals surface area contributed by atoms with Crippen LogP contribution in [0.4, 0.5) is 11.8 Å². The molecule has 2 aliphatic carbocycles. The van der Waals surface area contributed by atoms with E-state index >= 15 is 0 Å². The van der Waals surface area contributed by atoms with Gasteiger partial charge in [-0.3, -0.25) is 9.51 Å². The van der Waals surface area contributed by atoms with Crippen LogP contribution in [0.2, 0.25) is 0 Å². The Morgan fingerprint density at radius 2 is 2.02 bits per heavy atom. The molecule has 0 amide bonds. The van der Waals surface area contributed by atoms with E-state index in [0.29, 0.717) is 55.6 Å². The highest BCUT2D eigenvalue weighted by molar-refractivity contribution is 5.87. The predicted molar refractivity (Wildman–Crippen MR) is 151 cm³/mol. The van der Waals surface area contributed by atoms with Crippen LogP contribution in [-0.4, -0.2) is 75.2 Å². The molecule has 40 heavy (non-hydrogen) atoms. The fourth-order valence-electron chi connectivity index (χ4n) is 6.34. The van der Waals surface area contributed by atoms with E-state index in [-0.39, 0.29) is 23.7 Å². The molecule has 1 unspecified atom stereocenters. The lowest BCUT2D eigenvalue weighted by atomic mass is 9.80. The van der Waals surface area contributed by atoms with Crippen molar-refractivity contribution in [2.24, 2.45) is 17.8 Å². The number of allylic oxidation sites excluding steroid dienone is 1. The van der Waals surface area contributed by atoms with Crippen LogP contribution in [0.3, 0.4) is 0 Å². The van der Waals surface area contributed by atoms with Crippen molar-refractivity contribution in [3.05, 3.63) is 23.2 Å². The number of aromatic amines is 1. The fraction of sp³-hybridized carbons (Fsp3) is 0.679. The van der Waals surface area contributed by atoms with Gasteiger partial charge in [-0.1, -0.05) is 17.7 Å². The molecule has 4 heterocycles. The molecule has 12 heteroatoms. The second-order valence-corrected chi connectivity index (χ2v) is 11.6. The van der Waals surface area contributed by atoms with E-state index in [4.69, 9.17) is 28.9 Å². The summed E-state index contributed by atoms with van der Waals surface area (Å²) in [5.41, 5.74) is 1.44. The number of aromatic nitrogens is 6. The molecule has 6 rings (SSSR count). The van der Waals surface area contributed by atoms with Crippen molar-refractivity contribution >= 4 is 22.9 Å². The van der Waals surface area contributed by atoms with Crippen LogP contribution in [0.15, 0.2) is 22.0 Å². The van der Waals surface area contributed by atoms with E-state index < -0.39 is 5.76 Å². The first-order valence-corrected chi connectivity index (χ1v) is 14.6. The third-order valence-corrected chi connectivity index (χ3v) is 8.97. The van der Waals surface area contributed by atoms with Crippen molar-refractivity contribution in [1.82, 2.24) is 29.7 Å². The molecule has 2 atom stereocenters. The van der Waals surface area contributed by atoms with Crippen molar-refractivity contribution in [2.75, 3.05) is 43.7 Å². The number of nitrogens with one attached hydrogen (secondary N) is 2. The second kappa shape index (κ2) is 11.7. The van der Waals surface area contributed by atoms with Crippen LogP contribution in [0.1, 0.15) is 51.9 Å². The number of methoxy groups -OCH3 is 1. The lowest BCUT2D eigenvalue weighted by Gasteiger charge is -2.37. The van der Waals surface area contributed by atoms with Gasteiger partial charge in [0.2, 0.25) is 17.6 Å². The Labute approximate surface area is 233 Å². The SMILES string of the molecule is C=C[C@H]1CC[C@H](Cn2c(N3CCOCC3COC)nc3nc(-c4noc(=O)[nH]4)nc(N[C@H](C)C4CCC4)c32)CC1. The van der Waals surface area contributed by atoms with Crippen molar-refractivity contribution in [3.63, 3.8) is 0 Å². The number of fused-ring (bicyclic) bond motifs is 1. The lowest BCUT2D eigenvalue weighted by molar-refractivity contribution is 0.0589. The average Bonchev–Trinajstić information content (AvgIpc) is 3.52. The highest BCUT2D eigenvalue weighted by Gasteiger charge is 2.32. The number of hydrogen-bond acceptors (Lipinski definition) is 10. The summed E-state index contributed by atoms with van der Waals surface area (Å²) >= 11 is 0. The molecule has 1 aliphatic heterocycles. The van der Waals surface area contributed by atoms with E-state index in [0.717, 1.165) is 43.7 Å². The molecule has 3 aromatic rings. The summed E-state index contributed by atoms with van der Waals surface area (Å²) in [5.74, 6) is 3.08. The minimum absolute atomic E-state index is 0.0375. The van der Waals surface area contributed by atoms with Gasteiger partial charge in [0.15, 0.2) is 11.5 Å². The van der Waals surface area contributed by atoms with Crippen LogP contribution in [0.25, 0.3) is 22.8 Å². The molecular weight excluding hydrogens is 512 g/mol. The van der Waals surface area contributed by atoms with Crippen LogP contribution in [0, 0.1) is 17.8 Å². The van der Waals surface area contributed by atoms with Gasteiger partial charge in [-0.05, 0) is 63.2 Å². The molecular formula is C28H40N8O4. The maximum atomic E-state index is 11.7. The smallest absolute Gasteiger partial charge is 0.382 e. The molecule has 2 saturated carbocycles. The topological polar surface area (TPSA) is 136 Å². The van der Waals surface area contributed by atoms with Crippen molar-refractivity contribution in [3.8, 4) is 11.6 Å². The first kappa shape index (κ1) is 26.9. The van der Waals surface area contributed by atoms with E-state index in [2.05, 4.69) is 44.5 Å². The molecule has 0 spiro atoms. The fourth-order valence-corrected chi connectivity index (χ4v) is 6.34. The standard InChI is InChI=1S/C28H40N8O4/c1-4-18-8-10-19(11-9-18)14-36-22-23(29-17(2)20-6-5-7-20)30-25(26-33-28(37)40-34-26)31-24(22)32-27(36)35-12-13-39-16-21(35)15-38-3/h4,17-21H,1,5-16H2,2-3H3,(H,29,30,31)(H,33,34,37)/t17-,18-,19-,21?/m1/s1. The first-order valence-electron chi connectivity index (χ1n) is 14.6. The van der Waals surface area contributed by atoms with E-state index in [1.54, 1.807) is 7.11 Å². The van der Waals surface area contributed by atoms with E-state index in [1.165, 1.54) is 19.3 Å². The Morgan fingerprint density at radius 1 is 1.20 bits per heavy atom. The normalized spacial score (nSPS) is 24.6. The summed E-state index contributed by atoms with van der Waals surface area (Å²) in [4.78, 5) is 31.4.